The van der Waals surface area contributed by atoms with Crippen molar-refractivity contribution < 1.29 is 19.1 Å². The third kappa shape index (κ3) is 2.70. The Morgan fingerprint density at radius 3 is 2.82 bits per heavy atom. The Morgan fingerprint density at radius 1 is 1.47 bits per heavy atom. The monoisotopic (exact) mass is 241 g/mol. The van der Waals surface area contributed by atoms with Crippen molar-refractivity contribution in [2.45, 2.75) is 32.8 Å². The molecule has 2 fully saturated rings. The van der Waals surface area contributed by atoms with E-state index >= 15 is 0 Å². The summed E-state index contributed by atoms with van der Waals surface area (Å²) < 4.78 is 10.3. The van der Waals surface area contributed by atoms with E-state index in [1.54, 1.807) is 4.90 Å². The second-order valence-corrected chi connectivity index (χ2v) is 5.71. The maximum Gasteiger partial charge on any atom is 0.410 e. The fourth-order valence-electron chi connectivity index (χ4n) is 2.30. The fraction of sp³-hybridized carbons (Fsp3) is 0.833. The average molecular weight is 241 g/mol. The van der Waals surface area contributed by atoms with Crippen molar-refractivity contribution in [2.75, 3.05) is 19.7 Å². The molecule has 0 radical (unpaired) electrons. The lowest BCUT2D eigenvalue weighted by atomic mass is 9.88. The number of cyclic esters (lactones) is 1. The minimum atomic E-state index is -0.476. The normalized spacial score (nSPS) is 28.6. The number of amides is 1. The number of hydrogen-bond acceptors (Lipinski definition) is 4. The molecule has 5 nitrogen and oxygen atoms in total. The van der Waals surface area contributed by atoms with E-state index in [-0.39, 0.29) is 23.9 Å². The molecule has 0 saturated carbocycles. The van der Waals surface area contributed by atoms with Crippen LogP contribution in [-0.4, -0.2) is 42.3 Å². The fourth-order valence-corrected chi connectivity index (χ4v) is 2.30. The lowest BCUT2D eigenvalue weighted by Crippen LogP contribution is -2.46. The molecular weight excluding hydrogens is 222 g/mol. The van der Waals surface area contributed by atoms with Crippen molar-refractivity contribution >= 4 is 12.1 Å². The molecule has 0 bridgehead atoms. The van der Waals surface area contributed by atoms with E-state index in [9.17, 15) is 9.59 Å². The molecule has 0 N–H and O–H groups in total. The zero-order valence-electron chi connectivity index (χ0n) is 10.6. The molecule has 0 aromatic carbocycles. The van der Waals surface area contributed by atoms with Gasteiger partial charge in [-0.1, -0.05) is 0 Å². The third-order valence-electron chi connectivity index (χ3n) is 3.13. The van der Waals surface area contributed by atoms with Crippen LogP contribution in [0.5, 0.6) is 0 Å². The largest absolute Gasteiger partial charge is 0.465 e. The molecule has 0 aromatic heterocycles. The maximum atomic E-state index is 11.9. The zero-order chi connectivity index (χ0) is 12.6. The van der Waals surface area contributed by atoms with Gasteiger partial charge in [-0.3, -0.25) is 4.79 Å². The quantitative estimate of drug-likeness (QED) is 0.602. The first kappa shape index (κ1) is 12.2. The third-order valence-corrected chi connectivity index (χ3v) is 3.13. The van der Waals surface area contributed by atoms with Crippen molar-refractivity contribution in [2.24, 2.45) is 11.8 Å². The van der Waals surface area contributed by atoms with Crippen LogP contribution in [0.15, 0.2) is 0 Å². The van der Waals surface area contributed by atoms with E-state index in [2.05, 4.69) is 0 Å². The number of nitrogens with zero attached hydrogens (tertiary/aromatic N) is 1. The van der Waals surface area contributed by atoms with Crippen LogP contribution in [0.4, 0.5) is 4.79 Å². The Kier molecular flexibility index (Phi) is 3.02. The minimum absolute atomic E-state index is 0.0197. The van der Waals surface area contributed by atoms with Gasteiger partial charge in [0.1, 0.15) is 5.60 Å². The van der Waals surface area contributed by atoms with E-state index in [1.165, 1.54) is 0 Å². The number of likely N-dealkylation sites (tertiary alicyclic amines) is 1. The van der Waals surface area contributed by atoms with Crippen LogP contribution < -0.4 is 0 Å². The van der Waals surface area contributed by atoms with Crippen LogP contribution in [-0.2, 0) is 14.3 Å². The van der Waals surface area contributed by atoms with Gasteiger partial charge in [-0.05, 0) is 27.2 Å². The molecule has 1 amide bonds. The highest BCUT2D eigenvalue weighted by Gasteiger charge is 2.42. The number of rotatable bonds is 0. The molecule has 0 spiro atoms. The molecular formula is C12H19NO4. The topological polar surface area (TPSA) is 55.8 Å². The highest BCUT2D eigenvalue weighted by molar-refractivity contribution is 5.76. The molecule has 2 aliphatic rings. The number of carbonyl (C=O) groups is 2. The van der Waals surface area contributed by atoms with Crippen molar-refractivity contribution in [1.29, 1.82) is 0 Å². The summed E-state index contributed by atoms with van der Waals surface area (Å²) in [6.07, 6.45) is 0.387. The predicted octanol–water partition coefficient (Wildman–Crippen LogP) is 1.42. The summed E-state index contributed by atoms with van der Waals surface area (Å²) in [6.45, 7) is 7.11. The molecule has 2 aliphatic heterocycles. The first-order valence-electron chi connectivity index (χ1n) is 6.01. The van der Waals surface area contributed by atoms with E-state index in [0.717, 1.165) is 0 Å². The summed E-state index contributed by atoms with van der Waals surface area (Å²) in [6, 6.07) is 0. The maximum absolute atomic E-state index is 11.9. The number of piperidine rings is 1. The van der Waals surface area contributed by atoms with E-state index < -0.39 is 5.60 Å². The van der Waals surface area contributed by atoms with Crippen LogP contribution in [0, 0.1) is 11.8 Å². The second kappa shape index (κ2) is 4.20. The summed E-state index contributed by atoms with van der Waals surface area (Å²) in [4.78, 5) is 24.9. The standard InChI is InChI=1S/C12H19NO4/c1-12(2,3)17-11(15)13-5-4-9-8(6-13)7-16-10(9)14/h8-9H,4-7H2,1-3H3/t8-,9-/m1/s1. The van der Waals surface area contributed by atoms with Gasteiger partial charge in [-0.25, -0.2) is 4.79 Å². The molecule has 2 saturated heterocycles. The molecule has 0 aromatic rings. The van der Waals surface area contributed by atoms with Gasteiger partial charge in [-0.15, -0.1) is 0 Å². The number of fused-ring (bicyclic) bond motifs is 1. The van der Waals surface area contributed by atoms with Crippen LogP contribution in [0.2, 0.25) is 0 Å². The van der Waals surface area contributed by atoms with Crippen molar-refractivity contribution in [3.8, 4) is 0 Å². The summed E-state index contributed by atoms with van der Waals surface area (Å²) in [5.74, 6) is 0.0105. The summed E-state index contributed by atoms with van der Waals surface area (Å²) in [5.41, 5.74) is -0.476. The Bertz CT molecular complexity index is 334. The summed E-state index contributed by atoms with van der Waals surface area (Å²) in [7, 11) is 0. The molecule has 96 valence electrons. The molecule has 17 heavy (non-hydrogen) atoms. The minimum Gasteiger partial charge on any atom is -0.465 e. The van der Waals surface area contributed by atoms with Crippen LogP contribution in [0.25, 0.3) is 0 Å². The lowest BCUT2D eigenvalue weighted by Gasteiger charge is -2.33. The highest BCUT2D eigenvalue weighted by atomic mass is 16.6. The van der Waals surface area contributed by atoms with Crippen LogP contribution in [0.3, 0.4) is 0 Å². The van der Waals surface area contributed by atoms with Gasteiger partial charge in [0.25, 0.3) is 0 Å². The van der Waals surface area contributed by atoms with E-state index in [1.807, 2.05) is 20.8 Å². The number of esters is 1. The molecule has 2 rings (SSSR count). The number of carbonyl (C=O) groups excluding carboxylic acids is 2. The van der Waals surface area contributed by atoms with Gasteiger partial charge in [0.2, 0.25) is 0 Å². The van der Waals surface area contributed by atoms with Crippen molar-refractivity contribution in [3.63, 3.8) is 0 Å². The van der Waals surface area contributed by atoms with E-state index in [0.29, 0.717) is 26.1 Å². The summed E-state index contributed by atoms with van der Waals surface area (Å²) >= 11 is 0. The summed E-state index contributed by atoms with van der Waals surface area (Å²) in [5, 5.41) is 0. The van der Waals surface area contributed by atoms with Crippen molar-refractivity contribution in [1.82, 2.24) is 4.90 Å². The molecule has 0 aliphatic carbocycles. The lowest BCUT2D eigenvalue weighted by molar-refractivity contribution is -0.141. The van der Waals surface area contributed by atoms with Gasteiger partial charge >= 0.3 is 12.1 Å². The molecule has 2 heterocycles. The number of ether oxygens (including phenoxy) is 2. The van der Waals surface area contributed by atoms with Gasteiger partial charge < -0.3 is 14.4 Å². The first-order valence-corrected chi connectivity index (χ1v) is 6.01. The average Bonchev–Trinajstić information content (AvgIpc) is 2.57. The highest BCUT2D eigenvalue weighted by Crippen LogP contribution is 2.30. The van der Waals surface area contributed by atoms with E-state index in [4.69, 9.17) is 9.47 Å². The second-order valence-electron chi connectivity index (χ2n) is 5.71. The van der Waals surface area contributed by atoms with Crippen molar-refractivity contribution in [3.05, 3.63) is 0 Å². The molecule has 2 atom stereocenters. The van der Waals surface area contributed by atoms with Gasteiger partial charge in [0.05, 0.1) is 12.5 Å². The molecule has 5 heteroatoms. The predicted molar refractivity (Wildman–Crippen MR) is 60.4 cm³/mol. The van der Waals surface area contributed by atoms with Gasteiger partial charge in [-0.2, -0.15) is 0 Å². The SMILES string of the molecule is CC(C)(C)OC(=O)N1CC[C@H]2C(=O)OC[C@H]2C1. The zero-order valence-corrected chi connectivity index (χ0v) is 10.6. The van der Waals surface area contributed by atoms with Gasteiger partial charge in [0.15, 0.2) is 0 Å². The van der Waals surface area contributed by atoms with Crippen LogP contribution >= 0.6 is 0 Å². The number of hydrogen-bond donors (Lipinski definition) is 0. The Hall–Kier alpha value is -1.26. The first-order chi connectivity index (χ1) is 7.87. The van der Waals surface area contributed by atoms with Gasteiger partial charge in [0, 0.05) is 19.0 Å². The Balaban J connectivity index is 1.93. The van der Waals surface area contributed by atoms with Crippen LogP contribution in [0.1, 0.15) is 27.2 Å². The molecule has 0 unspecified atom stereocenters. The smallest absolute Gasteiger partial charge is 0.410 e. The Morgan fingerprint density at radius 2 is 2.18 bits per heavy atom. The Labute approximate surface area is 101 Å².